The lowest BCUT2D eigenvalue weighted by molar-refractivity contribution is 0.0505. The molecule has 10 nitrogen and oxygen atoms in total. The number of carbonyl (C=O) groups is 2. The molecule has 282 valence electrons. The van der Waals surface area contributed by atoms with Crippen LogP contribution in [0, 0.1) is 34.5 Å². The van der Waals surface area contributed by atoms with Gasteiger partial charge < -0.3 is 9.47 Å². The minimum absolute atomic E-state index is 0.0353. The fourth-order valence-corrected chi connectivity index (χ4v) is 8.02. The molecule has 0 unspecified atom stereocenters. The first-order chi connectivity index (χ1) is 24.7. The van der Waals surface area contributed by atoms with Gasteiger partial charge in [-0.25, -0.2) is 9.59 Å². The number of hydrogen-bond donors (Lipinski definition) is 0. The number of ether oxygens (including phenoxy) is 2. The minimum atomic E-state index is -0.492. The van der Waals surface area contributed by atoms with Crippen molar-refractivity contribution in [2.24, 2.45) is 34.5 Å². The van der Waals surface area contributed by atoms with Crippen LogP contribution < -0.4 is 0 Å². The number of esters is 2. The van der Waals surface area contributed by atoms with Crippen molar-refractivity contribution >= 4 is 11.9 Å². The van der Waals surface area contributed by atoms with Gasteiger partial charge in [0.1, 0.15) is 13.2 Å². The van der Waals surface area contributed by atoms with Crippen LogP contribution in [0.5, 0.6) is 0 Å². The summed E-state index contributed by atoms with van der Waals surface area (Å²) in [5, 5.41) is 16.3. The number of allylic oxidation sites excluding steroid dienone is 4. The van der Waals surface area contributed by atoms with Crippen molar-refractivity contribution in [3.63, 3.8) is 0 Å². The fraction of sp³-hybridized carbons (Fsp3) is 0.571. The molecule has 4 rings (SSSR count). The molecule has 2 heterocycles. The third-order valence-corrected chi connectivity index (χ3v) is 11.8. The molecule has 0 spiro atoms. The van der Waals surface area contributed by atoms with Crippen molar-refractivity contribution < 1.29 is 19.1 Å². The Labute approximate surface area is 310 Å². The first kappa shape index (κ1) is 40.4. The summed E-state index contributed by atoms with van der Waals surface area (Å²) in [6, 6.07) is 0. The second-order valence-electron chi connectivity index (χ2n) is 15.8. The van der Waals surface area contributed by atoms with Crippen molar-refractivity contribution in [3.8, 4) is 0 Å². The van der Waals surface area contributed by atoms with E-state index in [9.17, 15) is 9.59 Å². The highest BCUT2D eigenvalue weighted by Crippen LogP contribution is 2.50. The van der Waals surface area contributed by atoms with Gasteiger partial charge in [0.15, 0.2) is 11.4 Å². The second-order valence-corrected chi connectivity index (χ2v) is 15.8. The van der Waals surface area contributed by atoms with Crippen LogP contribution in [-0.4, -0.2) is 55.1 Å². The fourth-order valence-electron chi connectivity index (χ4n) is 8.02. The monoisotopic (exact) mass is 712 g/mol. The van der Waals surface area contributed by atoms with E-state index in [0.29, 0.717) is 24.9 Å². The lowest BCUT2D eigenvalue weighted by Gasteiger charge is -2.43. The summed E-state index contributed by atoms with van der Waals surface area (Å²) in [4.78, 5) is 25.4. The molecule has 10 heteroatoms. The summed E-state index contributed by atoms with van der Waals surface area (Å²) in [6.45, 7) is 35.3. The van der Waals surface area contributed by atoms with Gasteiger partial charge in [-0.1, -0.05) is 86.7 Å². The quantitative estimate of drug-likeness (QED) is 0.0806. The zero-order valence-electron chi connectivity index (χ0n) is 32.1. The Morgan fingerprint density at radius 2 is 1.12 bits per heavy atom. The predicted octanol–water partition coefficient (Wildman–Crippen LogP) is 8.93. The molecule has 2 aliphatic rings. The Bertz CT molecular complexity index is 1530. The number of aromatic nitrogens is 6. The molecule has 0 N–H and O–H groups in total. The molecular formula is C42H60N6O4. The molecule has 6 atom stereocenters. The molecule has 52 heavy (non-hydrogen) atoms. The van der Waals surface area contributed by atoms with Crippen LogP contribution in [0.15, 0.2) is 86.3 Å². The number of unbranched alkanes of at least 4 members (excludes halogenated alkanes) is 3. The van der Waals surface area contributed by atoms with Crippen molar-refractivity contribution in [1.29, 1.82) is 0 Å². The van der Waals surface area contributed by atoms with E-state index in [1.807, 2.05) is 0 Å². The molecule has 2 aromatic rings. The topological polar surface area (TPSA) is 114 Å². The van der Waals surface area contributed by atoms with E-state index >= 15 is 0 Å². The van der Waals surface area contributed by atoms with Gasteiger partial charge in [0.25, 0.3) is 0 Å². The number of aryl methyl sites for hydroxylation is 2. The Balaban J connectivity index is 1.10. The summed E-state index contributed by atoms with van der Waals surface area (Å²) >= 11 is 0. The van der Waals surface area contributed by atoms with E-state index in [2.05, 4.69) is 99.9 Å². The average molecular weight is 713 g/mol. The lowest BCUT2D eigenvalue weighted by Crippen LogP contribution is -2.34. The predicted molar refractivity (Wildman–Crippen MR) is 205 cm³/mol. The summed E-state index contributed by atoms with van der Waals surface area (Å²) in [5.74, 6) is 0.223. The van der Waals surface area contributed by atoms with Gasteiger partial charge in [-0.3, -0.25) is 9.36 Å². The minimum Gasteiger partial charge on any atom is -0.456 e. The molecule has 0 saturated heterocycles. The van der Waals surface area contributed by atoms with Crippen molar-refractivity contribution in [2.45, 2.75) is 105 Å². The molecule has 2 fully saturated rings. The van der Waals surface area contributed by atoms with Crippen LogP contribution in [0.4, 0.5) is 0 Å². The Hall–Kier alpha value is -4.34. The highest BCUT2D eigenvalue weighted by Gasteiger charge is 2.40. The first-order valence-electron chi connectivity index (χ1n) is 18.8. The average Bonchev–Trinajstić information content (AvgIpc) is 3.81. The number of nitrogens with zero attached hydrogens (tertiary/aromatic N) is 6. The van der Waals surface area contributed by atoms with Crippen LogP contribution in [-0.2, 0) is 22.6 Å². The largest absolute Gasteiger partial charge is 0.456 e. The van der Waals surface area contributed by atoms with Crippen molar-refractivity contribution in [1.82, 2.24) is 30.0 Å². The van der Waals surface area contributed by atoms with E-state index in [4.69, 9.17) is 9.47 Å². The third kappa shape index (κ3) is 10.2. The number of hydrogen-bond acceptors (Lipinski definition) is 8. The third-order valence-electron chi connectivity index (χ3n) is 11.8. The van der Waals surface area contributed by atoms with Gasteiger partial charge in [-0.2, -0.15) is 0 Å². The molecule has 2 aromatic heterocycles. The van der Waals surface area contributed by atoms with Gasteiger partial charge in [-0.05, 0) is 111 Å². The van der Waals surface area contributed by atoms with Crippen LogP contribution in [0.2, 0.25) is 0 Å². The molecule has 0 aliphatic heterocycles. The zero-order chi connectivity index (χ0) is 38.1. The lowest BCUT2D eigenvalue weighted by atomic mass is 9.61. The molecule has 0 aromatic carbocycles. The zero-order valence-corrected chi connectivity index (χ0v) is 32.1. The maximum atomic E-state index is 12.7. The maximum absolute atomic E-state index is 12.7. The molecule has 0 bridgehead atoms. The van der Waals surface area contributed by atoms with Gasteiger partial charge in [0.2, 0.25) is 0 Å². The van der Waals surface area contributed by atoms with E-state index < -0.39 is 11.9 Å². The van der Waals surface area contributed by atoms with Gasteiger partial charge in [0.05, 0.1) is 12.4 Å². The first-order valence-corrected chi connectivity index (χ1v) is 18.8. The molecular weight excluding hydrogens is 652 g/mol. The summed E-state index contributed by atoms with van der Waals surface area (Å²) in [5.41, 5.74) is 4.61. The van der Waals surface area contributed by atoms with Crippen LogP contribution in [0.3, 0.4) is 0 Å². The SMILES string of the molecule is C=C[C@]1(C)CC[C@@H](C(=C)COC(=O)c2cn(CCCCCCn3cc(C(=O)OCC(=C)[C@@H]4CC[C@@](C)(C=C)[C@H](C(=C)C)C4)nn3)nn2)C[C@H]1C(=C)C. The van der Waals surface area contributed by atoms with Gasteiger partial charge in [0, 0.05) is 13.1 Å². The van der Waals surface area contributed by atoms with E-state index in [1.54, 1.807) is 21.8 Å². The van der Waals surface area contributed by atoms with Gasteiger partial charge in [-0.15, -0.1) is 23.4 Å². The van der Waals surface area contributed by atoms with Gasteiger partial charge >= 0.3 is 11.9 Å². The Morgan fingerprint density at radius 3 is 1.46 bits per heavy atom. The second kappa shape index (κ2) is 17.9. The van der Waals surface area contributed by atoms with Crippen molar-refractivity contribution in [3.05, 3.63) is 97.7 Å². The Kier molecular flexibility index (Phi) is 13.9. The normalized spacial score (nSPS) is 25.8. The molecule has 2 saturated carbocycles. The summed E-state index contributed by atoms with van der Waals surface area (Å²) in [6.07, 6.45) is 16.9. The highest BCUT2D eigenvalue weighted by atomic mass is 16.5. The van der Waals surface area contributed by atoms with Crippen LogP contribution in [0.1, 0.15) is 113 Å². The summed E-state index contributed by atoms with van der Waals surface area (Å²) in [7, 11) is 0. The maximum Gasteiger partial charge on any atom is 0.360 e. The van der Waals surface area contributed by atoms with E-state index in [0.717, 1.165) is 86.5 Å². The Morgan fingerprint density at radius 1 is 0.731 bits per heavy atom. The molecule has 0 amide bonds. The number of rotatable bonds is 19. The van der Waals surface area contributed by atoms with Crippen molar-refractivity contribution in [2.75, 3.05) is 13.2 Å². The standard InChI is InChI=1S/C42H60N6O4/c1-11-41(9)19-17-33(23-35(41)29(3)4)31(7)27-51-39(49)37-25-47(45-43-37)21-15-13-14-16-22-48-26-38(44-46-48)40(50)52-28-32(8)34-18-20-42(10,12-2)36(24-34)30(5)6/h11-12,25-26,33-36H,1-3,5,7-8,13-24,27-28H2,4,6,9-10H3/t33-,34-,35+,36+,41-,42-/m1/s1. The van der Waals surface area contributed by atoms with E-state index in [1.165, 1.54) is 0 Å². The summed E-state index contributed by atoms with van der Waals surface area (Å²) < 4.78 is 14.5. The number of carbonyl (C=O) groups excluding carboxylic acids is 2. The molecule has 0 radical (unpaired) electrons. The van der Waals surface area contributed by atoms with Crippen LogP contribution >= 0.6 is 0 Å². The molecule has 2 aliphatic carbocycles. The highest BCUT2D eigenvalue weighted by molar-refractivity contribution is 5.87. The van der Waals surface area contributed by atoms with Crippen LogP contribution in [0.25, 0.3) is 0 Å². The van der Waals surface area contributed by atoms with E-state index in [-0.39, 0.29) is 47.3 Å². The smallest absolute Gasteiger partial charge is 0.360 e.